The van der Waals surface area contributed by atoms with E-state index in [0.717, 1.165) is 16.3 Å². The quantitative estimate of drug-likeness (QED) is 0.598. The summed E-state index contributed by atoms with van der Waals surface area (Å²) in [6.07, 6.45) is 0.760. The van der Waals surface area contributed by atoms with Crippen molar-refractivity contribution in [2.24, 2.45) is 0 Å². The highest BCUT2D eigenvalue weighted by atomic mass is 16.5. The van der Waals surface area contributed by atoms with Gasteiger partial charge in [-0.2, -0.15) is 0 Å². The van der Waals surface area contributed by atoms with E-state index in [9.17, 15) is 15.0 Å². The van der Waals surface area contributed by atoms with Crippen molar-refractivity contribution in [2.75, 3.05) is 6.54 Å². The van der Waals surface area contributed by atoms with E-state index in [1.54, 1.807) is 12.4 Å². The number of hydrogen-bond acceptors (Lipinski definition) is 5. The van der Waals surface area contributed by atoms with Gasteiger partial charge in [0.2, 0.25) is 0 Å². The maximum atomic E-state index is 11.7. The highest BCUT2D eigenvalue weighted by Crippen LogP contribution is 2.26. The number of nitrogens with zero attached hydrogens (tertiary/aromatic N) is 1. The van der Waals surface area contributed by atoms with Gasteiger partial charge in [0.15, 0.2) is 0 Å². The van der Waals surface area contributed by atoms with E-state index in [0.29, 0.717) is 5.56 Å². The van der Waals surface area contributed by atoms with Crippen LogP contribution in [0.4, 0.5) is 4.79 Å². The molecule has 0 radical (unpaired) electrons. The third-order valence-corrected chi connectivity index (χ3v) is 4.30. The third-order valence-electron chi connectivity index (χ3n) is 4.30. The molecular formula is C21H22N2O4. The number of carbonyl (C=O) groups excluding carboxylic acids is 1. The van der Waals surface area contributed by atoms with Crippen LogP contribution in [0, 0.1) is 0 Å². The normalized spacial score (nSPS) is 13.1. The summed E-state index contributed by atoms with van der Waals surface area (Å²) in [4.78, 5) is 15.8. The van der Waals surface area contributed by atoms with Crippen LogP contribution in [0.25, 0.3) is 10.8 Å². The van der Waals surface area contributed by atoms with Gasteiger partial charge in [-0.3, -0.25) is 4.98 Å². The van der Waals surface area contributed by atoms with Crippen LogP contribution in [0.3, 0.4) is 0 Å². The molecule has 0 bridgehead atoms. The lowest BCUT2D eigenvalue weighted by molar-refractivity contribution is 0.0143. The predicted molar refractivity (Wildman–Crippen MR) is 102 cm³/mol. The zero-order valence-corrected chi connectivity index (χ0v) is 14.8. The van der Waals surface area contributed by atoms with Gasteiger partial charge in [-0.05, 0) is 17.4 Å². The molecular weight excluding hydrogens is 344 g/mol. The molecule has 1 amide bonds. The van der Waals surface area contributed by atoms with E-state index in [4.69, 9.17) is 4.74 Å². The Morgan fingerprint density at radius 3 is 2.59 bits per heavy atom. The Morgan fingerprint density at radius 2 is 1.78 bits per heavy atom. The zero-order valence-electron chi connectivity index (χ0n) is 14.8. The van der Waals surface area contributed by atoms with Crippen molar-refractivity contribution in [1.82, 2.24) is 10.3 Å². The van der Waals surface area contributed by atoms with E-state index in [-0.39, 0.29) is 19.6 Å². The maximum Gasteiger partial charge on any atom is 0.407 e. The second kappa shape index (κ2) is 9.12. The Labute approximate surface area is 157 Å². The van der Waals surface area contributed by atoms with Gasteiger partial charge >= 0.3 is 6.09 Å². The average Bonchev–Trinajstić information content (AvgIpc) is 2.72. The highest BCUT2D eigenvalue weighted by Gasteiger charge is 2.20. The molecule has 3 rings (SSSR count). The van der Waals surface area contributed by atoms with E-state index >= 15 is 0 Å². The number of hydrogen-bond donors (Lipinski definition) is 3. The van der Waals surface area contributed by atoms with E-state index in [1.807, 2.05) is 54.6 Å². The van der Waals surface area contributed by atoms with Crippen molar-refractivity contribution < 1.29 is 19.7 Å². The van der Waals surface area contributed by atoms with Crippen LogP contribution < -0.4 is 5.32 Å². The SMILES string of the molecule is O=C(NCCC(O)C(O)c1cncc2ccccc12)OCc1ccccc1. The first-order valence-electron chi connectivity index (χ1n) is 8.78. The third kappa shape index (κ3) is 5.03. The number of amides is 1. The maximum absolute atomic E-state index is 11.7. The molecule has 1 heterocycles. The molecule has 27 heavy (non-hydrogen) atoms. The standard InChI is InChI=1S/C21H22N2O4/c24-19(10-11-23-21(26)27-14-15-6-2-1-3-7-15)20(25)18-13-22-12-16-8-4-5-9-17(16)18/h1-9,12-13,19-20,24-25H,10-11,14H2,(H,23,26). The van der Waals surface area contributed by atoms with E-state index in [1.165, 1.54) is 0 Å². The predicted octanol–water partition coefficient (Wildman–Crippen LogP) is 2.95. The van der Waals surface area contributed by atoms with Gasteiger partial charge < -0.3 is 20.3 Å². The molecule has 140 valence electrons. The second-order valence-corrected chi connectivity index (χ2v) is 6.24. The van der Waals surface area contributed by atoms with Crippen molar-refractivity contribution in [3.63, 3.8) is 0 Å². The minimum absolute atomic E-state index is 0.180. The number of fused-ring (bicyclic) bond motifs is 1. The van der Waals surface area contributed by atoms with E-state index < -0.39 is 18.3 Å². The highest BCUT2D eigenvalue weighted by molar-refractivity contribution is 5.84. The summed E-state index contributed by atoms with van der Waals surface area (Å²) >= 11 is 0. The molecule has 1 aromatic heterocycles. The molecule has 3 N–H and O–H groups in total. The molecule has 2 atom stereocenters. The molecule has 0 aliphatic carbocycles. The van der Waals surface area contributed by atoms with Crippen molar-refractivity contribution in [3.05, 3.63) is 78.1 Å². The number of ether oxygens (including phenoxy) is 1. The fourth-order valence-corrected chi connectivity index (χ4v) is 2.84. The summed E-state index contributed by atoms with van der Waals surface area (Å²) in [5.41, 5.74) is 1.46. The lowest BCUT2D eigenvalue weighted by Gasteiger charge is -2.19. The molecule has 2 aromatic carbocycles. The van der Waals surface area contributed by atoms with Crippen molar-refractivity contribution in [2.45, 2.75) is 25.2 Å². The molecule has 0 fully saturated rings. The average molecular weight is 366 g/mol. The number of aliphatic hydroxyl groups excluding tert-OH is 2. The number of carbonyl (C=O) groups is 1. The first kappa shape index (κ1) is 18.8. The molecule has 6 nitrogen and oxygen atoms in total. The molecule has 0 saturated carbocycles. The number of benzene rings is 2. The fourth-order valence-electron chi connectivity index (χ4n) is 2.84. The minimum Gasteiger partial charge on any atom is -0.445 e. The smallest absolute Gasteiger partial charge is 0.407 e. The number of aromatic nitrogens is 1. The second-order valence-electron chi connectivity index (χ2n) is 6.24. The Kier molecular flexibility index (Phi) is 6.35. The van der Waals surface area contributed by atoms with Gasteiger partial charge in [-0.25, -0.2) is 4.79 Å². The Bertz CT molecular complexity index is 880. The zero-order chi connectivity index (χ0) is 19.1. The van der Waals surface area contributed by atoms with Crippen LogP contribution in [0.15, 0.2) is 67.0 Å². The first-order valence-corrected chi connectivity index (χ1v) is 8.78. The molecule has 0 aliphatic rings. The number of rotatable bonds is 7. The van der Waals surface area contributed by atoms with Crippen molar-refractivity contribution in [3.8, 4) is 0 Å². The summed E-state index contributed by atoms with van der Waals surface area (Å²) in [7, 11) is 0. The summed E-state index contributed by atoms with van der Waals surface area (Å²) in [6.45, 7) is 0.365. The molecule has 3 aromatic rings. The monoisotopic (exact) mass is 366 g/mol. The molecule has 6 heteroatoms. The fraction of sp³-hybridized carbons (Fsp3) is 0.238. The van der Waals surface area contributed by atoms with Crippen LogP contribution in [0.5, 0.6) is 0 Å². The number of nitrogens with one attached hydrogen (secondary N) is 1. The van der Waals surface area contributed by atoms with Crippen molar-refractivity contribution in [1.29, 1.82) is 0 Å². The summed E-state index contributed by atoms with van der Waals surface area (Å²) in [6, 6.07) is 16.9. The molecule has 0 spiro atoms. The van der Waals surface area contributed by atoms with Crippen LogP contribution in [0.2, 0.25) is 0 Å². The Hall–Kier alpha value is -2.96. The lowest BCUT2D eigenvalue weighted by Crippen LogP contribution is -2.29. The van der Waals surface area contributed by atoms with Crippen LogP contribution in [-0.4, -0.2) is 33.9 Å². The van der Waals surface area contributed by atoms with Gasteiger partial charge in [0.05, 0.1) is 6.10 Å². The van der Waals surface area contributed by atoms with Crippen molar-refractivity contribution >= 4 is 16.9 Å². The molecule has 0 aliphatic heterocycles. The topological polar surface area (TPSA) is 91.7 Å². The van der Waals surface area contributed by atoms with Gasteiger partial charge in [-0.1, -0.05) is 54.6 Å². The van der Waals surface area contributed by atoms with Crippen LogP contribution >= 0.6 is 0 Å². The summed E-state index contributed by atoms with van der Waals surface area (Å²) < 4.78 is 5.11. The van der Waals surface area contributed by atoms with Gasteiger partial charge in [0.1, 0.15) is 12.7 Å². The largest absolute Gasteiger partial charge is 0.445 e. The Morgan fingerprint density at radius 1 is 1.04 bits per heavy atom. The number of alkyl carbamates (subject to hydrolysis) is 1. The Balaban J connectivity index is 1.48. The molecule has 0 saturated heterocycles. The lowest BCUT2D eigenvalue weighted by atomic mass is 9.98. The summed E-state index contributed by atoms with van der Waals surface area (Å²) in [5.74, 6) is 0. The molecule has 2 unspecified atom stereocenters. The first-order chi connectivity index (χ1) is 13.1. The van der Waals surface area contributed by atoms with Crippen LogP contribution in [-0.2, 0) is 11.3 Å². The van der Waals surface area contributed by atoms with E-state index in [2.05, 4.69) is 10.3 Å². The summed E-state index contributed by atoms with van der Waals surface area (Å²) in [5, 5.41) is 25.1. The van der Waals surface area contributed by atoms with Gasteiger partial charge in [-0.15, -0.1) is 0 Å². The number of aliphatic hydroxyl groups is 2. The van der Waals surface area contributed by atoms with Gasteiger partial charge in [0, 0.05) is 29.9 Å². The minimum atomic E-state index is -1.09. The van der Waals surface area contributed by atoms with Crippen LogP contribution in [0.1, 0.15) is 23.7 Å². The van der Waals surface area contributed by atoms with Gasteiger partial charge in [0.25, 0.3) is 0 Å². The number of pyridine rings is 1.